The van der Waals surface area contributed by atoms with Crippen molar-refractivity contribution in [2.45, 2.75) is 0 Å². The van der Waals surface area contributed by atoms with Crippen LogP contribution in [0.25, 0.3) is 121 Å². The molecule has 5 nitrogen and oxygen atoms in total. The van der Waals surface area contributed by atoms with Crippen LogP contribution in [0.15, 0.2) is 212 Å². The first kappa shape index (κ1) is 34.5. The van der Waals surface area contributed by atoms with Gasteiger partial charge < -0.3 is 4.57 Å². The maximum Gasteiger partial charge on any atom is 0.238 e. The smallest absolute Gasteiger partial charge is 0.238 e. The van der Waals surface area contributed by atoms with Crippen LogP contribution in [-0.4, -0.2) is 24.1 Å². The molecule has 0 spiro atoms. The van der Waals surface area contributed by atoms with E-state index in [9.17, 15) is 0 Å². The van der Waals surface area contributed by atoms with E-state index in [1.165, 1.54) is 48.8 Å². The zero-order chi connectivity index (χ0) is 40.7. The molecule has 0 amide bonds. The number of aromatic nitrogens is 5. The van der Waals surface area contributed by atoms with Gasteiger partial charge in [-0.05, 0) is 73.8 Å². The second kappa shape index (κ2) is 13.6. The molecule has 62 heavy (non-hydrogen) atoms. The van der Waals surface area contributed by atoms with Crippen molar-refractivity contribution in [2.24, 2.45) is 0 Å². The van der Waals surface area contributed by atoms with Gasteiger partial charge in [0.05, 0.1) is 22.1 Å². The molecule has 288 valence electrons. The van der Waals surface area contributed by atoms with Crippen LogP contribution in [0, 0.1) is 0 Å². The monoisotopic (exact) mass is 789 g/mol. The molecule has 0 aliphatic carbocycles. The Balaban J connectivity index is 1.12. The lowest BCUT2D eigenvalue weighted by Crippen LogP contribution is -2.07. The molecule has 5 heteroatoms. The Hall–Kier alpha value is -8.41. The van der Waals surface area contributed by atoms with E-state index in [-0.39, 0.29) is 0 Å². The Morgan fingerprint density at radius 3 is 1.26 bits per heavy atom. The van der Waals surface area contributed by atoms with E-state index in [4.69, 9.17) is 15.0 Å². The third kappa shape index (κ3) is 5.18. The lowest BCUT2D eigenvalue weighted by atomic mass is 9.93. The highest BCUT2D eigenvalue weighted by Crippen LogP contribution is 2.42. The number of nitrogens with zero attached hydrogens (tertiary/aromatic N) is 5. The van der Waals surface area contributed by atoms with E-state index in [1.54, 1.807) is 0 Å². The third-order valence-electron chi connectivity index (χ3n) is 12.6. The third-order valence-corrected chi connectivity index (χ3v) is 12.6. The van der Waals surface area contributed by atoms with Crippen molar-refractivity contribution >= 4 is 75.9 Å². The van der Waals surface area contributed by atoms with Gasteiger partial charge in [0.25, 0.3) is 0 Å². The summed E-state index contributed by atoms with van der Waals surface area (Å²) in [6.45, 7) is 0. The summed E-state index contributed by atoms with van der Waals surface area (Å²) in [7, 11) is 0. The second-order valence-electron chi connectivity index (χ2n) is 16.0. The Bertz CT molecular complexity index is 3870. The van der Waals surface area contributed by atoms with Crippen molar-refractivity contribution in [3.8, 4) is 45.5 Å². The Morgan fingerprint density at radius 2 is 0.661 bits per heavy atom. The fourth-order valence-corrected chi connectivity index (χ4v) is 9.77. The van der Waals surface area contributed by atoms with E-state index < -0.39 is 0 Å². The zero-order valence-corrected chi connectivity index (χ0v) is 33.4. The highest BCUT2D eigenvalue weighted by Gasteiger charge is 2.24. The van der Waals surface area contributed by atoms with E-state index in [2.05, 4.69) is 203 Å². The predicted octanol–water partition coefficient (Wildman–Crippen LogP) is 14.5. The van der Waals surface area contributed by atoms with Gasteiger partial charge in [-0.1, -0.05) is 182 Å². The molecule has 13 aromatic rings. The Morgan fingerprint density at radius 1 is 0.258 bits per heavy atom. The molecule has 3 aromatic heterocycles. The second-order valence-corrected chi connectivity index (χ2v) is 16.0. The fraction of sp³-hybridized carbons (Fsp3) is 0. The van der Waals surface area contributed by atoms with Crippen LogP contribution < -0.4 is 0 Å². The first-order chi connectivity index (χ1) is 30.8. The molecule has 0 bridgehead atoms. The Kier molecular flexibility index (Phi) is 7.54. The summed E-state index contributed by atoms with van der Waals surface area (Å²) in [6.07, 6.45) is 0. The van der Waals surface area contributed by atoms with Crippen LogP contribution in [0.2, 0.25) is 0 Å². The normalized spacial score (nSPS) is 11.9. The molecular formula is C57H35N5. The molecule has 0 N–H and O–H groups in total. The molecule has 13 rings (SSSR count). The zero-order valence-electron chi connectivity index (χ0n) is 33.4. The molecule has 0 radical (unpaired) electrons. The number of hydrogen-bond donors (Lipinski definition) is 0. The maximum absolute atomic E-state index is 5.46. The summed E-state index contributed by atoms with van der Waals surface area (Å²) in [5, 5.41) is 11.9. The summed E-state index contributed by atoms with van der Waals surface area (Å²) >= 11 is 0. The molecule has 10 aromatic carbocycles. The lowest BCUT2D eigenvalue weighted by Gasteiger charge is -2.14. The first-order valence-electron chi connectivity index (χ1n) is 21.0. The lowest BCUT2D eigenvalue weighted by molar-refractivity contribution is 0.953. The standard InChI is InChI=1S/C57H35N5/c1-3-15-36(16-4-1)37-27-30-40(31-28-37)61-51-25-13-11-23-46(51)48-33-34-49-47-24-12-14-26-52(47)62(54(49)53(48)61)57-59-55(38-17-5-2-6-18-38)58-56(60-57)39-29-32-45-43-21-8-7-19-41(43)42-20-9-10-22-44(42)50(45)35-39/h1-35H. The van der Waals surface area contributed by atoms with Gasteiger partial charge in [-0.15, -0.1) is 0 Å². The summed E-state index contributed by atoms with van der Waals surface area (Å²) in [4.78, 5) is 16.1. The van der Waals surface area contributed by atoms with Gasteiger partial charge in [0.1, 0.15) is 0 Å². The quantitative estimate of drug-likeness (QED) is 0.163. The summed E-state index contributed by atoms with van der Waals surface area (Å²) in [6, 6.07) is 75.6. The van der Waals surface area contributed by atoms with Crippen molar-refractivity contribution in [2.75, 3.05) is 0 Å². The summed E-state index contributed by atoms with van der Waals surface area (Å²) in [5.74, 6) is 1.79. The first-order valence-corrected chi connectivity index (χ1v) is 21.0. The average Bonchev–Trinajstić information content (AvgIpc) is 3.88. The van der Waals surface area contributed by atoms with Gasteiger partial charge in [0.15, 0.2) is 11.6 Å². The maximum atomic E-state index is 5.46. The average molecular weight is 790 g/mol. The van der Waals surface area contributed by atoms with Gasteiger partial charge in [-0.25, -0.2) is 4.98 Å². The van der Waals surface area contributed by atoms with Crippen LogP contribution in [-0.2, 0) is 0 Å². The minimum Gasteiger partial charge on any atom is -0.307 e. The molecule has 0 aliphatic heterocycles. The molecule has 0 unspecified atom stereocenters. The molecule has 0 atom stereocenters. The largest absolute Gasteiger partial charge is 0.307 e. The fourth-order valence-electron chi connectivity index (χ4n) is 9.77. The number of hydrogen-bond acceptors (Lipinski definition) is 3. The van der Waals surface area contributed by atoms with Gasteiger partial charge in [0, 0.05) is 38.4 Å². The van der Waals surface area contributed by atoms with Crippen LogP contribution in [0.4, 0.5) is 0 Å². The van der Waals surface area contributed by atoms with Crippen molar-refractivity contribution < 1.29 is 0 Å². The van der Waals surface area contributed by atoms with Gasteiger partial charge in [-0.2, -0.15) is 9.97 Å². The van der Waals surface area contributed by atoms with Gasteiger partial charge in [0.2, 0.25) is 5.95 Å². The number of fused-ring (bicyclic) bond motifs is 13. The van der Waals surface area contributed by atoms with Crippen LogP contribution in [0.5, 0.6) is 0 Å². The Labute approximate surface area is 356 Å². The molecule has 0 saturated carbocycles. The van der Waals surface area contributed by atoms with E-state index in [0.717, 1.165) is 55.0 Å². The van der Waals surface area contributed by atoms with Crippen LogP contribution in [0.1, 0.15) is 0 Å². The van der Waals surface area contributed by atoms with Crippen molar-refractivity contribution in [3.63, 3.8) is 0 Å². The van der Waals surface area contributed by atoms with Crippen LogP contribution in [0.3, 0.4) is 0 Å². The van der Waals surface area contributed by atoms with Crippen molar-refractivity contribution in [3.05, 3.63) is 212 Å². The highest BCUT2D eigenvalue weighted by atomic mass is 15.2. The molecule has 3 heterocycles. The SMILES string of the molecule is c1ccc(-c2ccc(-n3c4ccccc4c4ccc5c6ccccc6n(-c6nc(-c7ccccc7)nc(-c7ccc8c9ccccc9c9ccccc9c8c7)n6)c5c43)cc2)cc1. The van der Waals surface area contributed by atoms with Crippen molar-refractivity contribution in [1.29, 1.82) is 0 Å². The van der Waals surface area contributed by atoms with Gasteiger partial charge >= 0.3 is 0 Å². The van der Waals surface area contributed by atoms with E-state index >= 15 is 0 Å². The minimum absolute atomic E-state index is 0.562. The minimum atomic E-state index is 0.562. The molecule has 0 fully saturated rings. The molecule has 0 aliphatic rings. The van der Waals surface area contributed by atoms with Crippen molar-refractivity contribution in [1.82, 2.24) is 24.1 Å². The number of para-hydroxylation sites is 2. The topological polar surface area (TPSA) is 48.5 Å². The van der Waals surface area contributed by atoms with Crippen LogP contribution >= 0.6 is 0 Å². The number of rotatable bonds is 5. The number of benzene rings is 10. The predicted molar refractivity (Wildman–Crippen MR) is 257 cm³/mol. The van der Waals surface area contributed by atoms with E-state index in [1.807, 2.05) is 18.2 Å². The van der Waals surface area contributed by atoms with E-state index in [0.29, 0.717) is 17.6 Å². The molecule has 0 saturated heterocycles. The van der Waals surface area contributed by atoms with Gasteiger partial charge in [-0.3, -0.25) is 4.57 Å². The summed E-state index contributed by atoms with van der Waals surface area (Å²) in [5.41, 5.74) is 9.60. The highest BCUT2D eigenvalue weighted by molar-refractivity contribution is 6.26. The molecular weight excluding hydrogens is 755 g/mol. The summed E-state index contributed by atoms with van der Waals surface area (Å²) < 4.78 is 4.68.